The summed E-state index contributed by atoms with van der Waals surface area (Å²) in [6, 6.07) is 23.5. The molecule has 0 fully saturated rings. The van der Waals surface area contributed by atoms with Crippen LogP contribution in [0.5, 0.6) is 5.75 Å². The van der Waals surface area contributed by atoms with Crippen molar-refractivity contribution in [1.29, 1.82) is 0 Å². The zero-order valence-corrected chi connectivity index (χ0v) is 18.2. The number of thioether (sulfide) groups is 1. The molecule has 1 amide bonds. The van der Waals surface area contributed by atoms with Gasteiger partial charge in [0.1, 0.15) is 12.4 Å². The minimum Gasteiger partial charge on any atom is -0.489 e. The summed E-state index contributed by atoms with van der Waals surface area (Å²) in [6.07, 6.45) is 1.61. The van der Waals surface area contributed by atoms with Crippen LogP contribution in [0.15, 0.2) is 77.9 Å². The van der Waals surface area contributed by atoms with Crippen molar-refractivity contribution in [2.24, 2.45) is 5.10 Å². The molecular formula is C24H23ClN2O2S. The number of hydrogen-bond donors (Lipinski definition) is 1. The first kappa shape index (κ1) is 21.9. The first-order valence-electron chi connectivity index (χ1n) is 9.51. The van der Waals surface area contributed by atoms with E-state index in [0.29, 0.717) is 17.4 Å². The maximum Gasteiger partial charge on any atom is 0.250 e. The number of rotatable bonds is 9. The van der Waals surface area contributed by atoms with Crippen molar-refractivity contribution in [3.63, 3.8) is 0 Å². The predicted molar refractivity (Wildman–Crippen MR) is 125 cm³/mol. The zero-order valence-electron chi connectivity index (χ0n) is 16.7. The molecule has 3 rings (SSSR count). The van der Waals surface area contributed by atoms with Crippen LogP contribution in [0.2, 0.25) is 5.02 Å². The quantitative estimate of drug-likeness (QED) is 0.349. The van der Waals surface area contributed by atoms with Gasteiger partial charge in [0.15, 0.2) is 0 Å². The first-order valence-corrected chi connectivity index (χ1v) is 11.0. The van der Waals surface area contributed by atoms with Gasteiger partial charge in [-0.1, -0.05) is 53.6 Å². The van der Waals surface area contributed by atoms with E-state index in [0.717, 1.165) is 28.2 Å². The van der Waals surface area contributed by atoms with Crippen LogP contribution in [-0.4, -0.2) is 17.9 Å². The SMILES string of the molecule is Cc1ccc(COc2ccc(C=NNC(=O)CSCc3cccc(Cl)c3)cc2)cc1. The number of benzene rings is 3. The minimum atomic E-state index is -0.142. The monoisotopic (exact) mass is 438 g/mol. The van der Waals surface area contributed by atoms with Crippen molar-refractivity contribution in [2.45, 2.75) is 19.3 Å². The lowest BCUT2D eigenvalue weighted by Crippen LogP contribution is -2.19. The number of nitrogens with zero attached hydrogens (tertiary/aromatic N) is 1. The van der Waals surface area contributed by atoms with Crippen molar-refractivity contribution in [3.05, 3.63) is 100 Å². The van der Waals surface area contributed by atoms with E-state index in [-0.39, 0.29) is 5.91 Å². The fourth-order valence-corrected chi connectivity index (χ4v) is 3.58. The van der Waals surface area contributed by atoms with Gasteiger partial charge in [0, 0.05) is 10.8 Å². The van der Waals surface area contributed by atoms with Gasteiger partial charge in [-0.2, -0.15) is 5.10 Å². The van der Waals surface area contributed by atoms with Crippen molar-refractivity contribution in [1.82, 2.24) is 5.43 Å². The van der Waals surface area contributed by atoms with Crippen molar-refractivity contribution in [2.75, 3.05) is 5.75 Å². The van der Waals surface area contributed by atoms with Crippen LogP contribution < -0.4 is 10.2 Å². The third kappa shape index (κ3) is 7.58. The van der Waals surface area contributed by atoms with Gasteiger partial charge < -0.3 is 4.74 Å². The number of hydrogen-bond acceptors (Lipinski definition) is 4. The average molecular weight is 439 g/mol. The maximum absolute atomic E-state index is 11.9. The summed E-state index contributed by atoms with van der Waals surface area (Å²) in [5.74, 6) is 1.70. The number of carbonyl (C=O) groups excluding carboxylic acids is 1. The Morgan fingerprint density at radius 3 is 2.57 bits per heavy atom. The number of nitrogens with one attached hydrogen (secondary N) is 1. The summed E-state index contributed by atoms with van der Waals surface area (Å²) in [7, 11) is 0. The summed E-state index contributed by atoms with van der Waals surface area (Å²) >= 11 is 7.47. The van der Waals surface area contributed by atoms with Gasteiger partial charge in [-0.05, 0) is 60.0 Å². The molecule has 0 saturated carbocycles. The highest BCUT2D eigenvalue weighted by Crippen LogP contribution is 2.16. The Morgan fingerprint density at radius 2 is 1.83 bits per heavy atom. The van der Waals surface area contributed by atoms with Crippen LogP contribution in [0, 0.1) is 6.92 Å². The Labute approximate surface area is 186 Å². The van der Waals surface area contributed by atoms with Crippen LogP contribution in [-0.2, 0) is 17.2 Å². The summed E-state index contributed by atoms with van der Waals surface area (Å²) in [6.45, 7) is 2.59. The van der Waals surface area contributed by atoms with Gasteiger partial charge in [-0.15, -0.1) is 11.8 Å². The van der Waals surface area contributed by atoms with Gasteiger partial charge in [0.25, 0.3) is 0 Å². The Hall–Kier alpha value is -2.76. The van der Waals surface area contributed by atoms with E-state index < -0.39 is 0 Å². The lowest BCUT2D eigenvalue weighted by atomic mass is 10.2. The van der Waals surface area contributed by atoms with E-state index in [1.54, 1.807) is 6.21 Å². The fraction of sp³-hybridized carbons (Fsp3) is 0.167. The molecule has 1 N–H and O–H groups in total. The average Bonchev–Trinajstić information content (AvgIpc) is 2.74. The van der Waals surface area contributed by atoms with Crippen molar-refractivity contribution >= 4 is 35.5 Å². The van der Waals surface area contributed by atoms with E-state index in [1.165, 1.54) is 17.3 Å². The molecule has 3 aromatic rings. The lowest BCUT2D eigenvalue weighted by molar-refractivity contribution is -0.118. The molecule has 0 aliphatic rings. The number of hydrazone groups is 1. The number of halogens is 1. The Balaban J connectivity index is 1.38. The van der Waals surface area contributed by atoms with E-state index in [9.17, 15) is 4.79 Å². The van der Waals surface area contributed by atoms with Crippen LogP contribution in [0.3, 0.4) is 0 Å². The topological polar surface area (TPSA) is 50.7 Å². The molecule has 0 unspecified atom stereocenters. The highest BCUT2D eigenvalue weighted by Gasteiger charge is 2.01. The summed E-state index contributed by atoms with van der Waals surface area (Å²) in [5, 5.41) is 4.72. The van der Waals surface area contributed by atoms with Crippen LogP contribution in [0.1, 0.15) is 22.3 Å². The molecule has 154 valence electrons. The molecule has 4 nitrogen and oxygen atoms in total. The van der Waals surface area contributed by atoms with Crippen LogP contribution in [0.25, 0.3) is 0 Å². The van der Waals surface area contributed by atoms with Gasteiger partial charge in [-0.25, -0.2) is 5.43 Å². The normalized spacial score (nSPS) is 10.9. The lowest BCUT2D eigenvalue weighted by Gasteiger charge is -2.07. The second kappa shape index (κ2) is 11.4. The number of carbonyl (C=O) groups is 1. The van der Waals surface area contributed by atoms with Crippen molar-refractivity contribution < 1.29 is 9.53 Å². The van der Waals surface area contributed by atoms with Gasteiger partial charge in [-0.3, -0.25) is 4.79 Å². The van der Waals surface area contributed by atoms with Crippen molar-refractivity contribution in [3.8, 4) is 5.75 Å². The first-order chi connectivity index (χ1) is 14.6. The van der Waals surface area contributed by atoms with E-state index in [2.05, 4.69) is 41.7 Å². The summed E-state index contributed by atoms with van der Waals surface area (Å²) in [5.41, 5.74) is 6.88. The van der Waals surface area contributed by atoms with Gasteiger partial charge >= 0.3 is 0 Å². The molecule has 0 radical (unpaired) electrons. The predicted octanol–water partition coefficient (Wildman–Crippen LogP) is 5.61. The van der Waals surface area contributed by atoms with E-state index >= 15 is 0 Å². The zero-order chi connectivity index (χ0) is 21.2. The highest BCUT2D eigenvalue weighted by atomic mass is 35.5. The molecule has 3 aromatic carbocycles. The molecular weight excluding hydrogens is 416 g/mol. The third-order valence-electron chi connectivity index (χ3n) is 4.20. The standard InChI is InChI=1S/C24H23ClN2O2S/c1-18-5-7-20(8-6-18)15-29-23-11-9-19(10-12-23)14-26-27-24(28)17-30-16-21-3-2-4-22(25)13-21/h2-14H,15-17H2,1H3,(H,27,28). The second-order valence-corrected chi connectivity index (χ2v) is 8.18. The Bertz CT molecular complexity index is 989. The Morgan fingerprint density at radius 1 is 1.07 bits per heavy atom. The molecule has 0 bridgehead atoms. The minimum absolute atomic E-state index is 0.142. The molecule has 0 spiro atoms. The molecule has 30 heavy (non-hydrogen) atoms. The third-order valence-corrected chi connectivity index (χ3v) is 5.44. The Kier molecular flexibility index (Phi) is 8.36. The second-order valence-electron chi connectivity index (χ2n) is 6.76. The molecule has 0 aromatic heterocycles. The molecule has 0 heterocycles. The fourth-order valence-electron chi connectivity index (χ4n) is 2.60. The summed E-state index contributed by atoms with van der Waals surface area (Å²) < 4.78 is 5.79. The summed E-state index contributed by atoms with van der Waals surface area (Å²) in [4.78, 5) is 11.9. The number of amides is 1. The van der Waals surface area contributed by atoms with Crippen LogP contribution in [0.4, 0.5) is 0 Å². The molecule has 0 aliphatic carbocycles. The molecule has 0 atom stereocenters. The largest absolute Gasteiger partial charge is 0.489 e. The molecule has 0 aliphatic heterocycles. The molecule has 6 heteroatoms. The number of aryl methyl sites for hydroxylation is 1. The maximum atomic E-state index is 11.9. The van der Waals surface area contributed by atoms with Gasteiger partial charge in [0.2, 0.25) is 5.91 Å². The van der Waals surface area contributed by atoms with Gasteiger partial charge in [0.05, 0.1) is 12.0 Å². The molecule has 0 saturated heterocycles. The highest BCUT2D eigenvalue weighted by molar-refractivity contribution is 7.99. The van der Waals surface area contributed by atoms with Crippen LogP contribution >= 0.6 is 23.4 Å². The van der Waals surface area contributed by atoms with E-state index in [1.807, 2.05) is 48.5 Å². The number of ether oxygens (including phenoxy) is 1. The van der Waals surface area contributed by atoms with E-state index in [4.69, 9.17) is 16.3 Å². The smallest absolute Gasteiger partial charge is 0.250 e.